The van der Waals surface area contributed by atoms with E-state index in [0.717, 1.165) is 11.3 Å². The molecule has 0 fully saturated rings. The summed E-state index contributed by atoms with van der Waals surface area (Å²) in [6.07, 6.45) is 0.258. The molecule has 2 amide bonds. The van der Waals surface area contributed by atoms with Crippen molar-refractivity contribution < 1.29 is 14.3 Å². The molecular weight excluding hydrogens is 340 g/mol. The van der Waals surface area contributed by atoms with Crippen molar-refractivity contribution in [2.24, 2.45) is 5.92 Å². The zero-order chi connectivity index (χ0) is 19.6. The number of aryl methyl sites for hydroxylation is 1. The predicted octanol–water partition coefficient (Wildman–Crippen LogP) is 2.87. The van der Waals surface area contributed by atoms with Crippen LogP contribution in [0.3, 0.4) is 0 Å². The smallest absolute Gasteiger partial charge is 0.242 e. The molecule has 2 rings (SSSR count). The number of nitrogens with one attached hydrogen (secondary N) is 2. The van der Waals surface area contributed by atoms with Gasteiger partial charge in [-0.2, -0.15) is 0 Å². The minimum absolute atomic E-state index is 0.0114. The number of carbonyl (C=O) groups is 2. The lowest BCUT2D eigenvalue weighted by Crippen LogP contribution is -2.50. The summed E-state index contributed by atoms with van der Waals surface area (Å²) in [7, 11) is 0. The van der Waals surface area contributed by atoms with Crippen LogP contribution >= 0.6 is 0 Å². The first-order valence-corrected chi connectivity index (χ1v) is 9.26. The lowest BCUT2D eigenvalue weighted by molar-refractivity contribution is -0.129. The third-order valence-corrected chi connectivity index (χ3v) is 4.16. The highest BCUT2D eigenvalue weighted by atomic mass is 16.5. The summed E-state index contributed by atoms with van der Waals surface area (Å²) in [6.45, 7) is 6.59. The highest BCUT2D eigenvalue weighted by molar-refractivity contribution is 5.88. The second-order valence-corrected chi connectivity index (χ2v) is 6.90. The molecule has 0 heterocycles. The van der Waals surface area contributed by atoms with E-state index in [0.29, 0.717) is 13.2 Å². The third kappa shape index (κ3) is 7.13. The average molecular weight is 368 g/mol. The van der Waals surface area contributed by atoms with E-state index in [9.17, 15) is 9.59 Å². The molecule has 5 heteroatoms. The van der Waals surface area contributed by atoms with Crippen molar-refractivity contribution in [1.29, 1.82) is 0 Å². The van der Waals surface area contributed by atoms with Gasteiger partial charge in [0.1, 0.15) is 18.4 Å². The van der Waals surface area contributed by atoms with Gasteiger partial charge in [-0.3, -0.25) is 9.59 Å². The van der Waals surface area contributed by atoms with E-state index >= 15 is 0 Å². The van der Waals surface area contributed by atoms with Crippen LogP contribution in [0.5, 0.6) is 5.75 Å². The van der Waals surface area contributed by atoms with Gasteiger partial charge >= 0.3 is 0 Å². The third-order valence-electron chi connectivity index (χ3n) is 4.16. The molecule has 0 radical (unpaired) electrons. The van der Waals surface area contributed by atoms with Crippen LogP contribution in [-0.2, 0) is 16.0 Å². The Hall–Kier alpha value is -2.82. The molecule has 2 aromatic rings. The molecule has 0 aliphatic carbocycles. The summed E-state index contributed by atoms with van der Waals surface area (Å²) in [5.41, 5.74) is 2.09. The van der Waals surface area contributed by atoms with Crippen molar-refractivity contribution in [3.63, 3.8) is 0 Å². The zero-order valence-electron chi connectivity index (χ0n) is 16.2. The monoisotopic (exact) mass is 368 g/mol. The molecule has 2 N–H and O–H groups in total. The molecular formula is C22H28N2O3. The van der Waals surface area contributed by atoms with Gasteiger partial charge in [0.15, 0.2) is 0 Å². The maximum absolute atomic E-state index is 12.4. The number of hydrogen-bond donors (Lipinski definition) is 2. The lowest BCUT2D eigenvalue weighted by atomic mass is 10.0. The highest BCUT2D eigenvalue weighted by Gasteiger charge is 2.23. The molecule has 2 aromatic carbocycles. The maximum atomic E-state index is 12.4. The first-order valence-electron chi connectivity index (χ1n) is 9.26. The molecule has 0 saturated heterocycles. The Morgan fingerprint density at radius 2 is 1.67 bits per heavy atom. The molecule has 1 atom stereocenters. The fourth-order valence-corrected chi connectivity index (χ4v) is 2.63. The van der Waals surface area contributed by atoms with Gasteiger partial charge in [-0.15, -0.1) is 0 Å². The summed E-state index contributed by atoms with van der Waals surface area (Å²) in [6, 6.07) is 16.7. The van der Waals surface area contributed by atoms with Crippen LogP contribution < -0.4 is 15.4 Å². The second kappa shape index (κ2) is 10.4. The van der Waals surface area contributed by atoms with Crippen molar-refractivity contribution in [2.45, 2.75) is 33.2 Å². The van der Waals surface area contributed by atoms with Gasteiger partial charge in [-0.1, -0.05) is 61.9 Å². The Balaban J connectivity index is 1.78. The Morgan fingerprint density at radius 3 is 2.30 bits per heavy atom. The molecule has 144 valence electrons. The van der Waals surface area contributed by atoms with Crippen molar-refractivity contribution in [1.82, 2.24) is 10.6 Å². The minimum Gasteiger partial charge on any atom is -0.492 e. The fraction of sp³-hybridized carbons (Fsp3) is 0.364. The Kier molecular flexibility index (Phi) is 7.86. The first-order chi connectivity index (χ1) is 13.0. The van der Waals surface area contributed by atoms with E-state index in [1.807, 2.05) is 75.4 Å². The molecule has 0 spiro atoms. The number of hydrogen-bond acceptors (Lipinski definition) is 3. The van der Waals surface area contributed by atoms with Gasteiger partial charge < -0.3 is 15.4 Å². The molecule has 0 bridgehead atoms. The second-order valence-electron chi connectivity index (χ2n) is 6.90. The summed E-state index contributed by atoms with van der Waals surface area (Å²) in [4.78, 5) is 24.7. The van der Waals surface area contributed by atoms with Crippen molar-refractivity contribution in [3.8, 4) is 5.75 Å². The maximum Gasteiger partial charge on any atom is 0.242 e. The number of rotatable bonds is 9. The number of carbonyl (C=O) groups excluding carboxylic acids is 2. The SMILES string of the molecule is Cc1ccc(OCCNC(=O)[C@@H](NC(=O)Cc2ccccc2)C(C)C)cc1. The van der Waals surface area contributed by atoms with E-state index in [2.05, 4.69) is 10.6 Å². The van der Waals surface area contributed by atoms with Crippen LogP contribution in [0.25, 0.3) is 0 Å². The topological polar surface area (TPSA) is 67.4 Å². The van der Waals surface area contributed by atoms with Crippen molar-refractivity contribution >= 4 is 11.8 Å². The quantitative estimate of drug-likeness (QED) is 0.669. The highest BCUT2D eigenvalue weighted by Crippen LogP contribution is 2.11. The van der Waals surface area contributed by atoms with Gasteiger partial charge in [0, 0.05) is 0 Å². The van der Waals surface area contributed by atoms with Crippen LogP contribution in [0.2, 0.25) is 0 Å². The van der Waals surface area contributed by atoms with Gasteiger partial charge in [0.2, 0.25) is 11.8 Å². The summed E-state index contributed by atoms with van der Waals surface area (Å²) < 4.78 is 5.61. The molecule has 0 aliphatic heterocycles. The lowest BCUT2D eigenvalue weighted by Gasteiger charge is -2.22. The fourth-order valence-electron chi connectivity index (χ4n) is 2.63. The predicted molar refractivity (Wildman–Crippen MR) is 107 cm³/mol. The molecule has 0 aliphatic rings. The molecule has 27 heavy (non-hydrogen) atoms. The number of benzene rings is 2. The molecule has 0 saturated carbocycles. The molecule has 0 unspecified atom stereocenters. The Bertz CT molecular complexity index is 727. The van der Waals surface area contributed by atoms with Crippen LogP contribution in [0, 0.1) is 12.8 Å². The van der Waals surface area contributed by atoms with E-state index in [1.165, 1.54) is 5.56 Å². The van der Waals surface area contributed by atoms with Gasteiger partial charge in [-0.05, 0) is 30.5 Å². The summed E-state index contributed by atoms with van der Waals surface area (Å²) in [5.74, 6) is 0.402. The first kappa shape index (κ1) is 20.5. The standard InChI is InChI=1S/C22H28N2O3/c1-16(2)21(24-20(25)15-18-7-5-4-6-8-18)22(26)23-13-14-27-19-11-9-17(3)10-12-19/h4-12,16,21H,13-15H2,1-3H3,(H,23,26)(H,24,25)/t21-/m0/s1. The minimum atomic E-state index is -0.569. The normalized spacial score (nSPS) is 11.7. The molecule has 0 aromatic heterocycles. The van der Waals surface area contributed by atoms with E-state index in [1.54, 1.807) is 0 Å². The van der Waals surface area contributed by atoms with Crippen LogP contribution in [0.4, 0.5) is 0 Å². The largest absolute Gasteiger partial charge is 0.492 e. The van der Waals surface area contributed by atoms with Crippen molar-refractivity contribution in [3.05, 3.63) is 65.7 Å². The van der Waals surface area contributed by atoms with E-state index < -0.39 is 6.04 Å². The van der Waals surface area contributed by atoms with E-state index in [-0.39, 0.29) is 24.2 Å². The van der Waals surface area contributed by atoms with Crippen LogP contribution in [0.15, 0.2) is 54.6 Å². The van der Waals surface area contributed by atoms with Gasteiger partial charge in [0.25, 0.3) is 0 Å². The van der Waals surface area contributed by atoms with Crippen LogP contribution in [-0.4, -0.2) is 31.0 Å². The number of ether oxygens (including phenoxy) is 1. The summed E-state index contributed by atoms with van der Waals surface area (Å²) >= 11 is 0. The average Bonchev–Trinajstić information content (AvgIpc) is 2.65. The number of amides is 2. The summed E-state index contributed by atoms with van der Waals surface area (Å²) in [5, 5.41) is 5.67. The van der Waals surface area contributed by atoms with Crippen LogP contribution in [0.1, 0.15) is 25.0 Å². The van der Waals surface area contributed by atoms with Crippen molar-refractivity contribution in [2.75, 3.05) is 13.2 Å². The Morgan fingerprint density at radius 1 is 1.00 bits per heavy atom. The molecule has 5 nitrogen and oxygen atoms in total. The zero-order valence-corrected chi connectivity index (χ0v) is 16.2. The Labute approximate surface area is 161 Å². The van der Waals surface area contributed by atoms with Gasteiger partial charge in [-0.25, -0.2) is 0 Å². The van der Waals surface area contributed by atoms with E-state index in [4.69, 9.17) is 4.74 Å². The van der Waals surface area contributed by atoms with Gasteiger partial charge in [0.05, 0.1) is 13.0 Å².